The zero-order valence-corrected chi connectivity index (χ0v) is 12.2. The quantitative estimate of drug-likeness (QED) is 0.822. The minimum Gasteiger partial charge on any atom is -0.481 e. The Hall–Kier alpha value is -1.80. The molecule has 0 aromatic heterocycles. The number of carboxylic acids is 1. The number of piperidine rings is 1. The van der Waals surface area contributed by atoms with Gasteiger partial charge in [-0.1, -0.05) is 0 Å². The van der Waals surface area contributed by atoms with Crippen LogP contribution in [0.2, 0.25) is 0 Å². The number of likely N-dealkylation sites (N-methyl/N-ethyl adjacent to an activating group) is 1. The Balaban J connectivity index is 2.38. The maximum absolute atomic E-state index is 12.0. The Bertz CT molecular complexity index is 431. The Labute approximate surface area is 125 Å². The fourth-order valence-corrected chi connectivity index (χ4v) is 2.21. The van der Waals surface area contributed by atoms with Crippen molar-refractivity contribution in [3.8, 4) is 0 Å². The van der Waals surface area contributed by atoms with Gasteiger partial charge in [0.25, 0.3) is 0 Å². The van der Waals surface area contributed by atoms with Gasteiger partial charge in [-0.2, -0.15) is 13.2 Å². The zero-order valence-electron chi connectivity index (χ0n) is 12.2. The molecule has 0 spiro atoms. The van der Waals surface area contributed by atoms with E-state index in [1.165, 1.54) is 11.9 Å². The normalized spacial score (nSPS) is 16.5. The van der Waals surface area contributed by atoms with Gasteiger partial charge in [-0.05, 0) is 12.8 Å². The number of carbonyl (C=O) groups is 3. The molecule has 0 radical (unpaired) electrons. The summed E-state index contributed by atoms with van der Waals surface area (Å²) in [6, 6.07) is 0. The van der Waals surface area contributed by atoms with Crippen LogP contribution in [-0.4, -0.2) is 65.5 Å². The molecule has 0 unspecified atom stereocenters. The minimum atomic E-state index is -4.40. The predicted molar refractivity (Wildman–Crippen MR) is 69.9 cm³/mol. The molecule has 0 bridgehead atoms. The maximum atomic E-state index is 12.0. The molecule has 22 heavy (non-hydrogen) atoms. The number of carboxylic acid groups (broad SMARTS) is 1. The van der Waals surface area contributed by atoms with Gasteiger partial charge < -0.3 is 14.9 Å². The summed E-state index contributed by atoms with van der Waals surface area (Å²) >= 11 is 0. The van der Waals surface area contributed by atoms with Crippen molar-refractivity contribution in [1.29, 1.82) is 0 Å². The van der Waals surface area contributed by atoms with Crippen molar-refractivity contribution in [3.63, 3.8) is 0 Å². The standard InChI is InChI=1S/C13H19F3N2O4/c1-17(10(19)2-5-13(14,15)16)8-11(20)18-6-3-9(4-7-18)12(21)22/h9H,2-8H2,1H3,(H,21,22). The lowest BCUT2D eigenvalue weighted by atomic mass is 9.97. The van der Waals surface area contributed by atoms with E-state index in [0.717, 1.165) is 4.90 Å². The number of alkyl halides is 3. The lowest BCUT2D eigenvalue weighted by Gasteiger charge is -2.31. The van der Waals surface area contributed by atoms with Crippen LogP contribution in [0.3, 0.4) is 0 Å². The largest absolute Gasteiger partial charge is 0.481 e. The summed E-state index contributed by atoms with van der Waals surface area (Å²) in [6.07, 6.45) is -5.62. The van der Waals surface area contributed by atoms with Crippen molar-refractivity contribution in [2.45, 2.75) is 31.9 Å². The minimum absolute atomic E-state index is 0.278. The molecular formula is C13H19F3N2O4. The Kier molecular flexibility index (Phi) is 6.19. The summed E-state index contributed by atoms with van der Waals surface area (Å²) in [5.41, 5.74) is 0. The summed E-state index contributed by atoms with van der Waals surface area (Å²) in [6.45, 7) is 0.259. The van der Waals surface area contributed by atoms with Crippen molar-refractivity contribution in [2.75, 3.05) is 26.7 Å². The van der Waals surface area contributed by atoms with Gasteiger partial charge in [0.05, 0.1) is 18.9 Å². The Morgan fingerprint density at radius 3 is 2.23 bits per heavy atom. The predicted octanol–water partition coefficient (Wildman–Crippen LogP) is 1.11. The number of amides is 2. The van der Waals surface area contributed by atoms with E-state index in [4.69, 9.17) is 5.11 Å². The summed E-state index contributed by atoms with van der Waals surface area (Å²) in [4.78, 5) is 36.7. The average Bonchev–Trinajstić information content (AvgIpc) is 2.43. The number of rotatable bonds is 5. The number of halogens is 3. The third-order valence-corrected chi connectivity index (χ3v) is 3.62. The molecular weight excluding hydrogens is 305 g/mol. The third kappa shape index (κ3) is 5.90. The van der Waals surface area contributed by atoms with Crippen LogP contribution in [0.5, 0.6) is 0 Å². The van der Waals surface area contributed by atoms with E-state index in [9.17, 15) is 27.6 Å². The monoisotopic (exact) mass is 324 g/mol. The van der Waals surface area contributed by atoms with Gasteiger partial charge in [-0.25, -0.2) is 0 Å². The molecule has 1 N–H and O–H groups in total. The third-order valence-electron chi connectivity index (χ3n) is 3.62. The second kappa shape index (κ2) is 7.46. The number of hydrogen-bond donors (Lipinski definition) is 1. The molecule has 0 aliphatic carbocycles. The summed E-state index contributed by atoms with van der Waals surface area (Å²) in [5, 5.41) is 8.86. The van der Waals surface area contributed by atoms with Crippen LogP contribution >= 0.6 is 0 Å². The highest BCUT2D eigenvalue weighted by Crippen LogP contribution is 2.22. The zero-order chi connectivity index (χ0) is 16.9. The first-order chi connectivity index (χ1) is 10.1. The molecule has 2 amide bonds. The van der Waals surface area contributed by atoms with E-state index >= 15 is 0 Å². The molecule has 0 atom stereocenters. The van der Waals surface area contributed by atoms with Crippen LogP contribution in [0.15, 0.2) is 0 Å². The second-order valence-electron chi connectivity index (χ2n) is 5.36. The highest BCUT2D eigenvalue weighted by atomic mass is 19.4. The average molecular weight is 324 g/mol. The molecule has 1 aliphatic rings. The van der Waals surface area contributed by atoms with Crippen molar-refractivity contribution >= 4 is 17.8 Å². The molecule has 1 saturated heterocycles. The van der Waals surface area contributed by atoms with Gasteiger partial charge in [0.15, 0.2) is 0 Å². The van der Waals surface area contributed by atoms with Gasteiger partial charge in [0.2, 0.25) is 11.8 Å². The van der Waals surface area contributed by atoms with Crippen molar-refractivity contribution in [3.05, 3.63) is 0 Å². The first kappa shape index (κ1) is 18.2. The van der Waals surface area contributed by atoms with Crippen molar-refractivity contribution < 1.29 is 32.7 Å². The molecule has 0 saturated carbocycles. The van der Waals surface area contributed by atoms with Gasteiger partial charge in [0, 0.05) is 26.6 Å². The molecule has 1 aliphatic heterocycles. The highest BCUT2D eigenvalue weighted by molar-refractivity contribution is 5.84. The number of hydrogen-bond acceptors (Lipinski definition) is 3. The van der Waals surface area contributed by atoms with E-state index in [-0.39, 0.29) is 25.5 Å². The van der Waals surface area contributed by atoms with E-state index in [0.29, 0.717) is 12.8 Å². The van der Waals surface area contributed by atoms with Gasteiger partial charge in [-0.3, -0.25) is 14.4 Å². The fourth-order valence-electron chi connectivity index (χ4n) is 2.21. The molecule has 9 heteroatoms. The molecule has 6 nitrogen and oxygen atoms in total. The summed E-state index contributed by atoms with van der Waals surface area (Å²) in [7, 11) is 1.28. The van der Waals surface area contributed by atoms with E-state index < -0.39 is 36.8 Å². The van der Waals surface area contributed by atoms with E-state index in [1.807, 2.05) is 0 Å². The maximum Gasteiger partial charge on any atom is 0.389 e. The smallest absolute Gasteiger partial charge is 0.389 e. The number of carbonyl (C=O) groups excluding carboxylic acids is 2. The summed E-state index contributed by atoms with van der Waals surface area (Å²) < 4.78 is 36.1. The van der Waals surface area contributed by atoms with Crippen LogP contribution < -0.4 is 0 Å². The highest BCUT2D eigenvalue weighted by Gasteiger charge is 2.30. The summed E-state index contributed by atoms with van der Waals surface area (Å²) in [5.74, 6) is -2.50. The van der Waals surface area contributed by atoms with Crippen molar-refractivity contribution in [1.82, 2.24) is 9.80 Å². The topological polar surface area (TPSA) is 77.9 Å². The van der Waals surface area contributed by atoms with Gasteiger partial charge >= 0.3 is 12.1 Å². The molecule has 1 rings (SSSR count). The van der Waals surface area contributed by atoms with Gasteiger partial charge in [0.1, 0.15) is 0 Å². The molecule has 0 aromatic rings. The lowest BCUT2D eigenvalue weighted by molar-refractivity contribution is -0.151. The van der Waals surface area contributed by atoms with Crippen LogP contribution in [-0.2, 0) is 14.4 Å². The first-order valence-electron chi connectivity index (χ1n) is 6.91. The van der Waals surface area contributed by atoms with Gasteiger partial charge in [-0.15, -0.1) is 0 Å². The molecule has 126 valence electrons. The Morgan fingerprint density at radius 1 is 1.23 bits per heavy atom. The fraction of sp³-hybridized carbons (Fsp3) is 0.769. The second-order valence-corrected chi connectivity index (χ2v) is 5.36. The van der Waals surface area contributed by atoms with Crippen LogP contribution in [0.25, 0.3) is 0 Å². The van der Waals surface area contributed by atoms with Crippen LogP contribution in [0.1, 0.15) is 25.7 Å². The Morgan fingerprint density at radius 2 is 1.77 bits per heavy atom. The van der Waals surface area contributed by atoms with E-state index in [1.54, 1.807) is 0 Å². The lowest BCUT2D eigenvalue weighted by Crippen LogP contribution is -2.45. The number of nitrogens with zero attached hydrogens (tertiary/aromatic N) is 2. The number of aliphatic carboxylic acids is 1. The number of likely N-dealkylation sites (tertiary alicyclic amines) is 1. The molecule has 0 aromatic carbocycles. The first-order valence-corrected chi connectivity index (χ1v) is 6.91. The SMILES string of the molecule is CN(CC(=O)N1CCC(C(=O)O)CC1)C(=O)CCC(F)(F)F. The van der Waals surface area contributed by atoms with Crippen LogP contribution in [0, 0.1) is 5.92 Å². The van der Waals surface area contributed by atoms with E-state index in [2.05, 4.69) is 0 Å². The molecule has 1 heterocycles. The van der Waals surface area contributed by atoms with Crippen molar-refractivity contribution in [2.24, 2.45) is 5.92 Å². The molecule has 1 fully saturated rings. The van der Waals surface area contributed by atoms with Crippen LogP contribution in [0.4, 0.5) is 13.2 Å².